The maximum atomic E-state index is 5.35. The highest BCUT2D eigenvalue weighted by Crippen LogP contribution is 2.18. The van der Waals surface area contributed by atoms with Crippen molar-refractivity contribution in [2.75, 3.05) is 0 Å². The first-order valence-corrected chi connectivity index (χ1v) is 9.99. The lowest BCUT2D eigenvalue weighted by Crippen LogP contribution is -1.99. The SMILES string of the molecule is CC(C)CCCC(C)CCC(C)C.[B]CCCCCC(C)C. The molecular formula is C21H45B. The lowest BCUT2D eigenvalue weighted by molar-refractivity contribution is 0.400. The van der Waals surface area contributed by atoms with E-state index in [0.717, 1.165) is 30.0 Å². The van der Waals surface area contributed by atoms with Gasteiger partial charge in [-0.25, -0.2) is 0 Å². The molecule has 0 aliphatic heterocycles. The highest BCUT2D eigenvalue weighted by atomic mass is 14.1. The third-order valence-corrected chi connectivity index (χ3v) is 4.20. The Morgan fingerprint density at radius 1 is 0.500 bits per heavy atom. The van der Waals surface area contributed by atoms with Crippen molar-refractivity contribution in [2.45, 2.75) is 113 Å². The fourth-order valence-electron chi connectivity index (χ4n) is 2.51. The third-order valence-electron chi connectivity index (χ3n) is 4.20. The van der Waals surface area contributed by atoms with Gasteiger partial charge in [0.2, 0.25) is 0 Å². The van der Waals surface area contributed by atoms with E-state index in [4.69, 9.17) is 7.85 Å². The summed E-state index contributed by atoms with van der Waals surface area (Å²) in [5, 5.41) is 0. The van der Waals surface area contributed by atoms with E-state index < -0.39 is 0 Å². The van der Waals surface area contributed by atoms with Gasteiger partial charge in [0, 0.05) is 0 Å². The molecule has 1 heteroatoms. The van der Waals surface area contributed by atoms with Crippen molar-refractivity contribution in [3.8, 4) is 0 Å². The molecule has 0 fully saturated rings. The van der Waals surface area contributed by atoms with Crippen LogP contribution in [-0.4, -0.2) is 7.85 Å². The lowest BCUT2D eigenvalue weighted by atomic mass is 9.93. The molecule has 0 amide bonds. The molecule has 0 aromatic heterocycles. The molecule has 0 aliphatic carbocycles. The van der Waals surface area contributed by atoms with Crippen molar-refractivity contribution in [3.05, 3.63) is 0 Å². The van der Waals surface area contributed by atoms with Crippen LogP contribution < -0.4 is 0 Å². The van der Waals surface area contributed by atoms with Crippen LogP contribution in [-0.2, 0) is 0 Å². The van der Waals surface area contributed by atoms with Crippen molar-refractivity contribution >= 4 is 7.85 Å². The maximum absolute atomic E-state index is 5.35. The zero-order chi connectivity index (χ0) is 17.4. The molecule has 1 unspecified atom stereocenters. The van der Waals surface area contributed by atoms with Gasteiger partial charge in [0.15, 0.2) is 0 Å². The van der Waals surface area contributed by atoms with Crippen molar-refractivity contribution < 1.29 is 0 Å². The van der Waals surface area contributed by atoms with Gasteiger partial charge >= 0.3 is 0 Å². The second-order valence-electron chi connectivity index (χ2n) is 8.43. The zero-order valence-electron chi connectivity index (χ0n) is 17.0. The molecule has 0 aromatic carbocycles. The molecule has 1 atom stereocenters. The van der Waals surface area contributed by atoms with E-state index in [1.807, 2.05) is 0 Å². The molecule has 0 spiro atoms. The van der Waals surface area contributed by atoms with Crippen LogP contribution in [0.15, 0.2) is 0 Å². The average molecular weight is 308 g/mol. The van der Waals surface area contributed by atoms with E-state index in [-0.39, 0.29) is 0 Å². The summed E-state index contributed by atoms with van der Waals surface area (Å²) in [6.07, 6.45) is 13.2. The van der Waals surface area contributed by atoms with Gasteiger partial charge in [-0.05, 0) is 23.7 Å². The average Bonchev–Trinajstić information content (AvgIpc) is 2.41. The summed E-state index contributed by atoms with van der Waals surface area (Å²) in [6.45, 7) is 16.2. The van der Waals surface area contributed by atoms with Crippen LogP contribution in [0.1, 0.15) is 106 Å². The normalized spacial score (nSPS) is 12.6. The minimum absolute atomic E-state index is 0.859. The Labute approximate surface area is 144 Å². The lowest BCUT2D eigenvalue weighted by Gasteiger charge is -2.13. The summed E-state index contributed by atoms with van der Waals surface area (Å²) in [7, 11) is 5.35. The van der Waals surface area contributed by atoms with E-state index in [1.54, 1.807) is 0 Å². The Hall–Kier alpha value is 0.0649. The van der Waals surface area contributed by atoms with Gasteiger partial charge in [-0.3, -0.25) is 0 Å². The summed E-state index contributed by atoms with van der Waals surface area (Å²) >= 11 is 0. The van der Waals surface area contributed by atoms with Gasteiger partial charge < -0.3 is 0 Å². The Balaban J connectivity index is 0. The molecule has 0 N–H and O–H groups in total. The predicted octanol–water partition coefficient (Wildman–Crippen LogP) is 7.67. The minimum Gasteiger partial charge on any atom is -0.0887 e. The second kappa shape index (κ2) is 17.4. The summed E-state index contributed by atoms with van der Waals surface area (Å²) in [6, 6.07) is 0. The largest absolute Gasteiger partial charge is 0.0887 e. The molecule has 0 bridgehead atoms. The van der Waals surface area contributed by atoms with Crippen LogP contribution in [0.4, 0.5) is 0 Å². The van der Waals surface area contributed by atoms with E-state index >= 15 is 0 Å². The van der Waals surface area contributed by atoms with E-state index in [0.29, 0.717) is 0 Å². The highest BCUT2D eigenvalue weighted by molar-refractivity contribution is 6.08. The summed E-state index contributed by atoms with van der Waals surface area (Å²) in [4.78, 5) is 0. The molecule has 0 heterocycles. The highest BCUT2D eigenvalue weighted by Gasteiger charge is 2.04. The van der Waals surface area contributed by atoms with Crippen LogP contribution in [0.3, 0.4) is 0 Å². The van der Waals surface area contributed by atoms with Crippen molar-refractivity contribution in [1.29, 1.82) is 0 Å². The summed E-state index contributed by atoms with van der Waals surface area (Å²) in [5.74, 6) is 3.58. The molecule has 0 aromatic rings. The first kappa shape index (κ1) is 24.3. The molecule has 22 heavy (non-hydrogen) atoms. The Morgan fingerprint density at radius 3 is 1.45 bits per heavy atom. The van der Waals surface area contributed by atoms with Gasteiger partial charge in [0.25, 0.3) is 0 Å². The Bertz CT molecular complexity index is 196. The first-order chi connectivity index (χ1) is 10.3. The van der Waals surface area contributed by atoms with Gasteiger partial charge in [-0.2, -0.15) is 0 Å². The molecule has 0 saturated carbocycles. The van der Waals surface area contributed by atoms with Crippen LogP contribution in [0, 0.1) is 23.7 Å². The summed E-state index contributed by atoms with van der Waals surface area (Å²) < 4.78 is 0. The standard InChI is InChI=1S/C13H28.C8H17B/c1-11(2)7-6-8-13(5)10-9-12(3)4;1-8(2)6-4-3-5-7-9/h11-13H,6-10H2,1-5H3;8H,3-7H2,1-2H3. The van der Waals surface area contributed by atoms with E-state index in [1.165, 1.54) is 57.8 Å². The van der Waals surface area contributed by atoms with Gasteiger partial charge in [0.1, 0.15) is 0 Å². The number of rotatable bonds is 12. The zero-order valence-corrected chi connectivity index (χ0v) is 17.0. The smallest absolute Gasteiger partial charge is 0.0653 e. The second-order valence-corrected chi connectivity index (χ2v) is 8.43. The predicted molar refractivity (Wildman–Crippen MR) is 106 cm³/mol. The van der Waals surface area contributed by atoms with Crippen LogP contribution in [0.5, 0.6) is 0 Å². The van der Waals surface area contributed by atoms with Crippen molar-refractivity contribution in [1.82, 2.24) is 0 Å². The van der Waals surface area contributed by atoms with Gasteiger partial charge in [-0.15, -0.1) is 0 Å². The third kappa shape index (κ3) is 25.0. The monoisotopic (exact) mass is 308 g/mol. The first-order valence-electron chi connectivity index (χ1n) is 9.99. The Kier molecular flexibility index (Phi) is 19.3. The molecule has 0 saturated heterocycles. The molecular weight excluding hydrogens is 263 g/mol. The number of hydrogen-bond acceptors (Lipinski definition) is 0. The van der Waals surface area contributed by atoms with Gasteiger partial charge in [-0.1, -0.05) is 113 Å². The van der Waals surface area contributed by atoms with Crippen LogP contribution >= 0.6 is 0 Å². The van der Waals surface area contributed by atoms with Crippen LogP contribution in [0.2, 0.25) is 6.32 Å². The number of unbranched alkanes of at least 4 members (excludes halogenated alkanes) is 2. The molecule has 0 rings (SSSR count). The van der Waals surface area contributed by atoms with Crippen LogP contribution in [0.25, 0.3) is 0 Å². The fraction of sp³-hybridized carbons (Fsp3) is 1.00. The summed E-state index contributed by atoms with van der Waals surface area (Å²) in [5.41, 5.74) is 0. The molecule has 132 valence electrons. The Morgan fingerprint density at radius 2 is 1.00 bits per heavy atom. The van der Waals surface area contributed by atoms with Crippen molar-refractivity contribution in [2.24, 2.45) is 23.7 Å². The quantitative estimate of drug-likeness (QED) is 0.256. The fourth-order valence-corrected chi connectivity index (χ4v) is 2.51. The maximum Gasteiger partial charge on any atom is 0.0653 e. The molecule has 2 radical (unpaired) electrons. The number of hydrogen-bond donors (Lipinski definition) is 0. The molecule has 0 aliphatic rings. The topological polar surface area (TPSA) is 0 Å². The minimum atomic E-state index is 0.859. The van der Waals surface area contributed by atoms with Gasteiger partial charge in [0.05, 0.1) is 7.85 Å². The molecule has 0 nitrogen and oxygen atoms in total. The van der Waals surface area contributed by atoms with E-state index in [9.17, 15) is 0 Å². The van der Waals surface area contributed by atoms with Crippen molar-refractivity contribution in [3.63, 3.8) is 0 Å². The van der Waals surface area contributed by atoms with E-state index in [2.05, 4.69) is 48.5 Å².